The summed E-state index contributed by atoms with van der Waals surface area (Å²) >= 11 is 2.06. The minimum absolute atomic E-state index is 0.339. The number of fused-ring (bicyclic) bond motifs is 1. The number of hydrogen-bond donors (Lipinski definition) is 3. The minimum atomic E-state index is -1.44. The lowest BCUT2D eigenvalue weighted by Gasteiger charge is -2.07. The molecule has 1 aromatic carbocycles. The molecule has 0 fully saturated rings. The zero-order valence-electron chi connectivity index (χ0n) is 8.74. The van der Waals surface area contributed by atoms with Crippen LogP contribution in [0.5, 0.6) is 5.75 Å². The summed E-state index contributed by atoms with van der Waals surface area (Å²) in [6, 6.07) is 3.46. The summed E-state index contributed by atoms with van der Waals surface area (Å²) in [6.45, 7) is 1.78. The van der Waals surface area contributed by atoms with E-state index in [-0.39, 0.29) is 0 Å². The molecule has 0 aliphatic carbocycles. The third-order valence-corrected chi connectivity index (χ3v) is 3.09. The molecule has 3 N–H and O–H groups in total. The number of pyridine rings is 1. The predicted octanol–water partition coefficient (Wildman–Crippen LogP) is 1.84. The second-order valence-electron chi connectivity index (χ2n) is 3.63. The number of H-pyrrole nitrogens is 1. The first-order valence-corrected chi connectivity index (χ1v) is 5.78. The first-order valence-electron chi connectivity index (χ1n) is 4.70. The molecule has 0 unspecified atom stereocenters. The van der Waals surface area contributed by atoms with Crippen molar-refractivity contribution in [1.82, 2.24) is 4.98 Å². The van der Waals surface area contributed by atoms with Gasteiger partial charge < -0.3 is 15.2 Å². The lowest BCUT2D eigenvalue weighted by Crippen LogP contribution is -2.18. The van der Waals surface area contributed by atoms with E-state index in [0.29, 0.717) is 10.9 Å². The highest BCUT2D eigenvalue weighted by molar-refractivity contribution is 14.1. The molecule has 0 radical (unpaired) electrons. The van der Waals surface area contributed by atoms with Crippen LogP contribution in [0.4, 0.5) is 0 Å². The van der Waals surface area contributed by atoms with Crippen molar-refractivity contribution in [3.63, 3.8) is 0 Å². The van der Waals surface area contributed by atoms with Gasteiger partial charge in [0.15, 0.2) is 5.56 Å². The molecule has 0 saturated carbocycles. The van der Waals surface area contributed by atoms with Crippen LogP contribution in [0.25, 0.3) is 10.9 Å². The standard InChI is InChI=1S/C11H8INO4/c1-4-2-5(12)3-6-8(4)13-10(15)7(9(6)14)11(16)17/h2-3H,1H3,(H,16,17)(H2,13,14,15). The van der Waals surface area contributed by atoms with Gasteiger partial charge in [0.2, 0.25) is 0 Å². The average Bonchev–Trinajstić information content (AvgIpc) is 2.19. The van der Waals surface area contributed by atoms with E-state index in [1.54, 1.807) is 13.0 Å². The fourth-order valence-corrected chi connectivity index (χ4v) is 2.49. The van der Waals surface area contributed by atoms with Crippen molar-refractivity contribution in [2.75, 3.05) is 0 Å². The van der Waals surface area contributed by atoms with E-state index in [1.807, 2.05) is 6.07 Å². The Morgan fingerprint density at radius 3 is 2.65 bits per heavy atom. The Kier molecular flexibility index (Phi) is 2.82. The second kappa shape index (κ2) is 4.02. The molecule has 5 nitrogen and oxygen atoms in total. The maximum Gasteiger partial charge on any atom is 0.345 e. The molecule has 2 rings (SSSR count). The van der Waals surface area contributed by atoms with E-state index in [0.717, 1.165) is 9.13 Å². The first-order chi connectivity index (χ1) is 7.91. The highest BCUT2D eigenvalue weighted by Gasteiger charge is 2.19. The molecule has 0 aliphatic heterocycles. The lowest BCUT2D eigenvalue weighted by molar-refractivity contribution is 0.0692. The summed E-state index contributed by atoms with van der Waals surface area (Å²) in [5, 5.41) is 19.0. The van der Waals surface area contributed by atoms with Crippen LogP contribution in [0.2, 0.25) is 0 Å². The number of benzene rings is 1. The number of nitrogens with one attached hydrogen (secondary N) is 1. The van der Waals surface area contributed by atoms with Crippen LogP contribution in [-0.4, -0.2) is 21.2 Å². The molecule has 0 atom stereocenters. The Morgan fingerprint density at radius 2 is 2.06 bits per heavy atom. The highest BCUT2D eigenvalue weighted by Crippen LogP contribution is 2.28. The summed E-state index contributed by atoms with van der Waals surface area (Å²) in [5.41, 5.74) is -0.195. The number of aromatic carboxylic acids is 1. The smallest absolute Gasteiger partial charge is 0.345 e. The van der Waals surface area contributed by atoms with Crippen molar-refractivity contribution in [2.24, 2.45) is 0 Å². The fourth-order valence-electron chi connectivity index (χ4n) is 1.71. The summed E-state index contributed by atoms with van der Waals surface area (Å²) < 4.78 is 0.853. The quantitative estimate of drug-likeness (QED) is 0.688. The highest BCUT2D eigenvalue weighted by atomic mass is 127. The van der Waals surface area contributed by atoms with E-state index in [1.165, 1.54) is 0 Å². The average molecular weight is 345 g/mol. The third-order valence-electron chi connectivity index (χ3n) is 2.47. The maximum atomic E-state index is 11.5. The number of carboxylic acids is 1. The van der Waals surface area contributed by atoms with E-state index in [4.69, 9.17) is 5.11 Å². The van der Waals surface area contributed by atoms with Crippen molar-refractivity contribution < 1.29 is 15.0 Å². The monoisotopic (exact) mass is 345 g/mol. The van der Waals surface area contributed by atoms with Gasteiger partial charge in [-0.15, -0.1) is 0 Å². The number of aromatic hydroxyl groups is 1. The topological polar surface area (TPSA) is 90.4 Å². The molecule has 0 aliphatic rings. The number of rotatable bonds is 1. The Hall–Kier alpha value is -1.57. The fraction of sp³-hybridized carbons (Fsp3) is 0.0909. The molecule has 1 aromatic heterocycles. The number of carboxylic acid groups (broad SMARTS) is 1. The summed E-state index contributed by atoms with van der Waals surface area (Å²) in [6.07, 6.45) is 0. The molecule has 0 bridgehead atoms. The van der Waals surface area contributed by atoms with Crippen molar-refractivity contribution in [3.8, 4) is 5.75 Å². The molecule has 1 heterocycles. The van der Waals surface area contributed by atoms with Crippen LogP contribution in [0.3, 0.4) is 0 Å². The van der Waals surface area contributed by atoms with E-state index < -0.39 is 22.8 Å². The molecule has 2 aromatic rings. The molecule has 0 saturated heterocycles. The molecular weight excluding hydrogens is 337 g/mol. The number of halogens is 1. The van der Waals surface area contributed by atoms with Gasteiger partial charge in [-0.2, -0.15) is 0 Å². The van der Waals surface area contributed by atoms with Gasteiger partial charge in [-0.3, -0.25) is 4.79 Å². The zero-order valence-corrected chi connectivity index (χ0v) is 10.9. The van der Waals surface area contributed by atoms with Gasteiger partial charge in [-0.25, -0.2) is 4.79 Å². The second-order valence-corrected chi connectivity index (χ2v) is 4.87. The number of hydrogen-bond acceptors (Lipinski definition) is 3. The summed E-state index contributed by atoms with van der Waals surface area (Å²) in [7, 11) is 0. The van der Waals surface area contributed by atoms with E-state index >= 15 is 0 Å². The van der Waals surface area contributed by atoms with Gasteiger partial charge in [0.1, 0.15) is 5.75 Å². The molecule has 88 valence electrons. The van der Waals surface area contributed by atoms with E-state index in [9.17, 15) is 14.7 Å². The van der Waals surface area contributed by atoms with Gasteiger partial charge in [0.25, 0.3) is 5.56 Å². The van der Waals surface area contributed by atoms with Gasteiger partial charge in [0.05, 0.1) is 5.52 Å². The minimum Gasteiger partial charge on any atom is -0.506 e. The van der Waals surface area contributed by atoms with Crippen molar-refractivity contribution in [3.05, 3.63) is 37.2 Å². The van der Waals surface area contributed by atoms with Crippen LogP contribution in [0, 0.1) is 10.5 Å². The van der Waals surface area contributed by atoms with Crippen LogP contribution in [-0.2, 0) is 0 Å². The first kappa shape index (κ1) is 11.9. The number of aryl methyl sites for hydroxylation is 1. The largest absolute Gasteiger partial charge is 0.506 e. The predicted molar refractivity (Wildman–Crippen MR) is 70.6 cm³/mol. The van der Waals surface area contributed by atoms with E-state index in [2.05, 4.69) is 27.6 Å². The molecule has 17 heavy (non-hydrogen) atoms. The number of aromatic amines is 1. The van der Waals surface area contributed by atoms with Crippen LogP contribution in [0.1, 0.15) is 15.9 Å². The molecular formula is C11H8INO4. The van der Waals surface area contributed by atoms with Crippen LogP contribution >= 0.6 is 22.6 Å². The van der Waals surface area contributed by atoms with Crippen LogP contribution < -0.4 is 5.56 Å². The summed E-state index contributed by atoms with van der Waals surface area (Å²) in [5.74, 6) is -1.93. The van der Waals surface area contributed by atoms with Crippen molar-refractivity contribution in [2.45, 2.75) is 6.92 Å². The normalized spacial score (nSPS) is 10.7. The zero-order chi connectivity index (χ0) is 12.7. The SMILES string of the molecule is Cc1cc(I)cc2c(O)c(C(=O)O)c(=O)[nH]c12. The Bertz CT molecular complexity index is 690. The van der Waals surface area contributed by atoms with Gasteiger partial charge >= 0.3 is 5.97 Å². The van der Waals surface area contributed by atoms with Crippen molar-refractivity contribution in [1.29, 1.82) is 0 Å². The van der Waals surface area contributed by atoms with Gasteiger partial charge in [-0.1, -0.05) is 0 Å². The molecule has 0 amide bonds. The van der Waals surface area contributed by atoms with Gasteiger partial charge in [-0.05, 0) is 47.2 Å². The lowest BCUT2D eigenvalue weighted by atomic mass is 10.1. The Morgan fingerprint density at radius 1 is 1.41 bits per heavy atom. The Labute approximate surface area is 109 Å². The maximum absolute atomic E-state index is 11.5. The number of carbonyl (C=O) groups is 1. The third kappa shape index (κ3) is 1.88. The van der Waals surface area contributed by atoms with Crippen LogP contribution in [0.15, 0.2) is 16.9 Å². The van der Waals surface area contributed by atoms with Crippen molar-refractivity contribution >= 4 is 39.5 Å². The Balaban J connectivity index is 3.02. The molecule has 6 heteroatoms. The summed E-state index contributed by atoms with van der Waals surface area (Å²) in [4.78, 5) is 24.9. The molecule has 0 spiro atoms. The van der Waals surface area contributed by atoms with Gasteiger partial charge in [0, 0.05) is 8.96 Å². The number of aromatic nitrogens is 1.